The smallest absolute Gasteiger partial charge is 0.267 e. The third-order valence-electron chi connectivity index (χ3n) is 5.93. The fourth-order valence-corrected chi connectivity index (χ4v) is 5.70. The molecule has 0 radical (unpaired) electrons. The Morgan fingerprint density at radius 2 is 2.03 bits per heavy atom. The van der Waals surface area contributed by atoms with Crippen LogP contribution in [0.4, 0.5) is 0 Å². The van der Waals surface area contributed by atoms with E-state index in [1.165, 1.54) is 18.4 Å². The van der Waals surface area contributed by atoms with E-state index >= 15 is 0 Å². The van der Waals surface area contributed by atoms with Crippen LogP contribution in [0.1, 0.15) is 29.9 Å². The molecule has 30 heavy (non-hydrogen) atoms. The quantitative estimate of drug-likeness (QED) is 0.642. The molecule has 8 heteroatoms. The molecule has 158 valence electrons. The Morgan fingerprint density at radius 3 is 2.70 bits per heavy atom. The van der Waals surface area contributed by atoms with Crippen molar-refractivity contribution in [2.75, 3.05) is 26.7 Å². The normalized spacial score (nSPS) is 16.4. The number of nitrogens with zero attached hydrogens (tertiary/aromatic N) is 3. The Kier molecular flexibility index (Phi) is 5.27. The van der Waals surface area contributed by atoms with Crippen molar-refractivity contribution in [3.63, 3.8) is 0 Å². The molecule has 1 aliphatic heterocycles. The van der Waals surface area contributed by atoms with Gasteiger partial charge in [-0.05, 0) is 19.4 Å². The number of carbonyl (C=O) groups is 2. The Bertz CT molecular complexity index is 1210. The molecule has 3 heterocycles. The van der Waals surface area contributed by atoms with Gasteiger partial charge >= 0.3 is 0 Å². The number of ether oxygens (including phenoxy) is 1. The fraction of sp³-hybridized carbons (Fsp3) is 0.409. The highest BCUT2D eigenvalue weighted by Gasteiger charge is 2.34. The summed E-state index contributed by atoms with van der Waals surface area (Å²) in [6.45, 7) is 5.19. The largest absolute Gasteiger partial charge is 0.494 e. The minimum absolute atomic E-state index is 0.0190. The molecule has 1 aromatic carbocycles. The molecule has 1 unspecified atom stereocenters. The molecule has 0 saturated carbocycles. The van der Waals surface area contributed by atoms with Crippen molar-refractivity contribution in [2.24, 2.45) is 7.05 Å². The van der Waals surface area contributed by atoms with E-state index < -0.39 is 0 Å². The maximum atomic E-state index is 13.4. The van der Waals surface area contributed by atoms with E-state index in [1.807, 2.05) is 31.2 Å². The molecule has 1 saturated heterocycles. The first-order valence-electron chi connectivity index (χ1n) is 10.0. The zero-order valence-electron chi connectivity index (χ0n) is 17.6. The number of fused-ring (bicyclic) bond motifs is 3. The van der Waals surface area contributed by atoms with E-state index in [0.717, 1.165) is 22.0 Å². The number of carbonyl (C=O) groups excluding carboxylic acids is 2. The number of rotatable bonds is 4. The monoisotopic (exact) mass is 427 g/mol. The van der Waals surface area contributed by atoms with Crippen LogP contribution in [-0.4, -0.2) is 59.0 Å². The lowest BCUT2D eigenvalue weighted by molar-refractivity contribution is -0.130. The van der Waals surface area contributed by atoms with Crippen LogP contribution < -0.4 is 10.3 Å². The summed E-state index contributed by atoms with van der Waals surface area (Å²) in [6.07, 6.45) is 0.747. The molecule has 0 aliphatic carbocycles. The molecule has 1 aliphatic rings. The second-order valence-corrected chi connectivity index (χ2v) is 8.57. The summed E-state index contributed by atoms with van der Waals surface area (Å²) in [6, 6.07) is 7.69. The first-order valence-corrected chi connectivity index (χ1v) is 10.8. The molecule has 0 N–H and O–H groups in total. The van der Waals surface area contributed by atoms with Gasteiger partial charge in [-0.2, -0.15) is 0 Å². The van der Waals surface area contributed by atoms with Crippen LogP contribution in [0.3, 0.4) is 0 Å². The molecule has 2 amide bonds. The lowest BCUT2D eigenvalue weighted by atomic mass is 10.1. The number of amides is 2. The average molecular weight is 428 g/mol. The number of likely N-dealkylation sites (N-methyl/N-ethyl adjacent to an activating group) is 1. The number of para-hydroxylation sites is 1. The number of hydrogen-bond acceptors (Lipinski definition) is 5. The topological polar surface area (TPSA) is 71.9 Å². The number of likely N-dealkylation sites (tertiary alicyclic amines) is 1. The van der Waals surface area contributed by atoms with Crippen molar-refractivity contribution in [3.05, 3.63) is 39.5 Å². The Labute approximate surface area is 178 Å². The Balaban J connectivity index is 1.79. The maximum Gasteiger partial charge on any atom is 0.267 e. The standard InChI is InChI=1S/C22H25N3O4S/c1-5-25(13(2)26)14-10-11-24(12-14)22(28)20-18(29-4)17-19(30-20)15-8-6-7-9-16(15)23(3)21(17)27/h6-9,14H,5,10-12H2,1-4H3. The average Bonchev–Trinajstić information content (AvgIpc) is 3.37. The Hall–Kier alpha value is -2.87. The molecule has 1 fully saturated rings. The van der Waals surface area contributed by atoms with Gasteiger partial charge in [-0.25, -0.2) is 0 Å². The first-order chi connectivity index (χ1) is 14.4. The number of aromatic nitrogens is 1. The molecular weight excluding hydrogens is 402 g/mol. The van der Waals surface area contributed by atoms with Crippen LogP contribution in [0.5, 0.6) is 5.75 Å². The molecule has 0 spiro atoms. The molecule has 4 rings (SSSR count). The number of hydrogen-bond donors (Lipinski definition) is 0. The zero-order valence-corrected chi connectivity index (χ0v) is 18.4. The Morgan fingerprint density at radius 1 is 1.30 bits per heavy atom. The molecule has 1 atom stereocenters. The first kappa shape index (κ1) is 20.4. The van der Waals surface area contributed by atoms with Crippen LogP contribution in [0.15, 0.2) is 29.1 Å². The summed E-state index contributed by atoms with van der Waals surface area (Å²) >= 11 is 1.31. The summed E-state index contributed by atoms with van der Waals surface area (Å²) in [4.78, 5) is 42.3. The fourth-order valence-electron chi connectivity index (χ4n) is 4.43. The second kappa shape index (κ2) is 7.75. The summed E-state index contributed by atoms with van der Waals surface area (Å²) in [7, 11) is 3.23. The van der Waals surface area contributed by atoms with Crippen molar-refractivity contribution in [2.45, 2.75) is 26.3 Å². The third-order valence-corrected chi connectivity index (χ3v) is 7.12. The molecule has 7 nitrogen and oxygen atoms in total. The van der Waals surface area contributed by atoms with E-state index in [9.17, 15) is 14.4 Å². The van der Waals surface area contributed by atoms with Crippen LogP contribution in [0, 0.1) is 0 Å². The lowest BCUT2D eigenvalue weighted by Gasteiger charge is -2.26. The van der Waals surface area contributed by atoms with E-state index in [2.05, 4.69) is 0 Å². The van der Waals surface area contributed by atoms with E-state index in [-0.39, 0.29) is 23.4 Å². The highest BCUT2D eigenvalue weighted by Crippen LogP contribution is 2.40. The number of methoxy groups -OCH3 is 1. The molecule has 0 bridgehead atoms. The summed E-state index contributed by atoms with van der Waals surface area (Å²) in [5.41, 5.74) is 0.642. The van der Waals surface area contributed by atoms with E-state index in [0.29, 0.717) is 35.6 Å². The number of benzene rings is 1. The number of aryl methyl sites for hydroxylation is 1. The highest BCUT2D eigenvalue weighted by molar-refractivity contribution is 7.22. The minimum atomic E-state index is -0.177. The van der Waals surface area contributed by atoms with Crippen LogP contribution >= 0.6 is 11.3 Å². The van der Waals surface area contributed by atoms with Gasteiger partial charge in [-0.15, -0.1) is 11.3 Å². The summed E-state index contributed by atoms with van der Waals surface area (Å²) in [5.74, 6) is 0.209. The van der Waals surface area contributed by atoms with Gasteiger partial charge in [0.1, 0.15) is 10.3 Å². The highest BCUT2D eigenvalue weighted by atomic mass is 32.1. The van der Waals surface area contributed by atoms with Gasteiger partial charge in [0.05, 0.1) is 23.4 Å². The number of pyridine rings is 1. The van der Waals surface area contributed by atoms with Gasteiger partial charge in [-0.1, -0.05) is 18.2 Å². The van der Waals surface area contributed by atoms with Crippen molar-refractivity contribution in [1.82, 2.24) is 14.4 Å². The molecular formula is C22H25N3O4S. The van der Waals surface area contributed by atoms with Gasteiger partial charge in [0.15, 0.2) is 5.75 Å². The van der Waals surface area contributed by atoms with Gasteiger partial charge in [0.25, 0.3) is 11.5 Å². The van der Waals surface area contributed by atoms with Crippen molar-refractivity contribution >= 4 is 44.1 Å². The van der Waals surface area contributed by atoms with Gasteiger partial charge in [-0.3, -0.25) is 14.4 Å². The summed E-state index contributed by atoms with van der Waals surface area (Å²) in [5, 5.41) is 1.37. The van der Waals surface area contributed by atoms with Gasteiger partial charge < -0.3 is 19.1 Å². The second-order valence-electron chi connectivity index (χ2n) is 7.55. The van der Waals surface area contributed by atoms with Crippen molar-refractivity contribution in [3.8, 4) is 5.75 Å². The minimum Gasteiger partial charge on any atom is -0.494 e. The van der Waals surface area contributed by atoms with Crippen molar-refractivity contribution < 1.29 is 14.3 Å². The van der Waals surface area contributed by atoms with Gasteiger partial charge in [0.2, 0.25) is 5.91 Å². The van der Waals surface area contributed by atoms with Crippen LogP contribution in [-0.2, 0) is 11.8 Å². The third kappa shape index (κ3) is 3.06. The predicted molar refractivity (Wildman–Crippen MR) is 118 cm³/mol. The molecule has 3 aromatic rings. The van der Waals surface area contributed by atoms with E-state index in [1.54, 1.807) is 28.3 Å². The zero-order chi connectivity index (χ0) is 21.6. The van der Waals surface area contributed by atoms with Gasteiger partial charge in [0, 0.05) is 39.0 Å². The summed E-state index contributed by atoms with van der Waals surface area (Å²) < 4.78 is 7.95. The lowest BCUT2D eigenvalue weighted by Crippen LogP contribution is -2.41. The SMILES string of the molecule is CCN(C(C)=O)C1CCN(C(=O)c2sc3c(c2OC)c(=O)n(C)c2ccccc32)C1. The predicted octanol–water partition coefficient (Wildman–Crippen LogP) is 2.84. The molecule has 2 aromatic heterocycles. The maximum absolute atomic E-state index is 13.4. The van der Waals surface area contributed by atoms with Crippen LogP contribution in [0.25, 0.3) is 21.0 Å². The number of thiophene rings is 1. The van der Waals surface area contributed by atoms with E-state index in [4.69, 9.17) is 4.74 Å². The van der Waals surface area contributed by atoms with Crippen LogP contribution in [0.2, 0.25) is 0 Å². The van der Waals surface area contributed by atoms with Crippen molar-refractivity contribution in [1.29, 1.82) is 0 Å².